The molecule has 2 atom stereocenters. The van der Waals surface area contributed by atoms with Gasteiger partial charge in [0, 0.05) is 13.1 Å². The van der Waals surface area contributed by atoms with Gasteiger partial charge in [-0.15, -0.1) is 0 Å². The van der Waals surface area contributed by atoms with Crippen molar-refractivity contribution in [3.05, 3.63) is 0 Å². The Bertz CT molecular complexity index is 174. The fraction of sp³-hybridized carbons (Fsp3) is 1.00. The third-order valence-electron chi connectivity index (χ3n) is 3.32. The SMILES string of the molecule is CN1CCCCC1N1CCC(F)C1. The van der Waals surface area contributed by atoms with Crippen molar-refractivity contribution in [1.82, 2.24) is 9.80 Å². The average Bonchev–Trinajstić information content (AvgIpc) is 2.53. The highest BCUT2D eigenvalue weighted by Gasteiger charge is 2.31. The molecule has 0 aromatic heterocycles. The minimum atomic E-state index is -0.574. The van der Waals surface area contributed by atoms with E-state index in [1.807, 2.05) is 0 Å². The molecule has 0 saturated carbocycles. The standard InChI is InChI=1S/C10H19FN2/c1-12-6-3-2-4-10(12)13-7-5-9(11)8-13/h9-10H,2-8H2,1H3. The lowest BCUT2D eigenvalue weighted by atomic mass is 10.1. The van der Waals surface area contributed by atoms with Gasteiger partial charge in [-0.2, -0.15) is 0 Å². The van der Waals surface area contributed by atoms with E-state index in [1.54, 1.807) is 0 Å². The van der Waals surface area contributed by atoms with Gasteiger partial charge in [-0.1, -0.05) is 0 Å². The molecule has 2 aliphatic heterocycles. The molecule has 2 aliphatic rings. The Labute approximate surface area is 79.7 Å². The highest BCUT2D eigenvalue weighted by atomic mass is 19.1. The monoisotopic (exact) mass is 186 g/mol. The first-order valence-corrected chi connectivity index (χ1v) is 5.36. The van der Waals surface area contributed by atoms with Crippen molar-refractivity contribution in [3.8, 4) is 0 Å². The van der Waals surface area contributed by atoms with Crippen LogP contribution in [0.25, 0.3) is 0 Å². The molecule has 0 spiro atoms. The Morgan fingerprint density at radius 2 is 2.00 bits per heavy atom. The number of alkyl halides is 1. The van der Waals surface area contributed by atoms with Crippen LogP contribution in [0.1, 0.15) is 25.7 Å². The number of rotatable bonds is 1. The Morgan fingerprint density at radius 1 is 1.15 bits per heavy atom. The second-order valence-corrected chi connectivity index (χ2v) is 4.34. The van der Waals surface area contributed by atoms with Crippen LogP contribution in [0.2, 0.25) is 0 Å². The van der Waals surface area contributed by atoms with Crippen molar-refractivity contribution in [2.75, 3.05) is 26.7 Å². The van der Waals surface area contributed by atoms with Crippen LogP contribution in [-0.4, -0.2) is 48.8 Å². The Balaban J connectivity index is 1.91. The third-order valence-corrected chi connectivity index (χ3v) is 3.32. The van der Waals surface area contributed by atoms with E-state index in [1.165, 1.54) is 25.8 Å². The molecule has 0 aliphatic carbocycles. The van der Waals surface area contributed by atoms with Gasteiger partial charge in [0.2, 0.25) is 0 Å². The van der Waals surface area contributed by atoms with Crippen LogP contribution in [-0.2, 0) is 0 Å². The predicted octanol–water partition coefficient (Wildman–Crippen LogP) is 1.47. The molecule has 0 bridgehead atoms. The molecule has 0 amide bonds. The van der Waals surface area contributed by atoms with Gasteiger partial charge < -0.3 is 0 Å². The molecule has 0 aromatic rings. The Morgan fingerprint density at radius 3 is 2.62 bits per heavy atom. The molecule has 76 valence electrons. The van der Waals surface area contributed by atoms with E-state index in [0.29, 0.717) is 12.7 Å². The second-order valence-electron chi connectivity index (χ2n) is 4.34. The zero-order valence-corrected chi connectivity index (χ0v) is 8.38. The van der Waals surface area contributed by atoms with Crippen LogP contribution >= 0.6 is 0 Å². The highest BCUT2D eigenvalue weighted by Crippen LogP contribution is 2.23. The molecule has 3 heteroatoms. The van der Waals surface area contributed by atoms with Crippen molar-refractivity contribution >= 4 is 0 Å². The normalized spacial score (nSPS) is 38.3. The van der Waals surface area contributed by atoms with E-state index in [9.17, 15) is 4.39 Å². The van der Waals surface area contributed by atoms with E-state index in [-0.39, 0.29) is 0 Å². The largest absolute Gasteiger partial charge is 0.291 e. The van der Waals surface area contributed by atoms with Gasteiger partial charge >= 0.3 is 0 Å². The van der Waals surface area contributed by atoms with Gasteiger partial charge in [0.15, 0.2) is 0 Å². The van der Waals surface area contributed by atoms with E-state index < -0.39 is 6.17 Å². The molecular formula is C10H19FN2. The van der Waals surface area contributed by atoms with Crippen molar-refractivity contribution in [1.29, 1.82) is 0 Å². The fourth-order valence-corrected chi connectivity index (χ4v) is 2.53. The number of hydrogen-bond donors (Lipinski definition) is 0. The minimum Gasteiger partial charge on any atom is -0.291 e. The van der Waals surface area contributed by atoms with Crippen LogP contribution < -0.4 is 0 Å². The summed E-state index contributed by atoms with van der Waals surface area (Å²) in [6.07, 6.45) is 4.53. The third kappa shape index (κ3) is 2.02. The Kier molecular flexibility index (Phi) is 2.84. The molecule has 2 fully saturated rings. The smallest absolute Gasteiger partial charge is 0.114 e. The quantitative estimate of drug-likeness (QED) is 0.612. The summed E-state index contributed by atoms with van der Waals surface area (Å²) in [5.74, 6) is 0. The molecular weight excluding hydrogens is 167 g/mol. The topological polar surface area (TPSA) is 6.48 Å². The summed E-state index contributed by atoms with van der Waals surface area (Å²) in [7, 11) is 2.16. The summed E-state index contributed by atoms with van der Waals surface area (Å²) in [6.45, 7) is 2.79. The van der Waals surface area contributed by atoms with Crippen LogP contribution in [0.15, 0.2) is 0 Å². The molecule has 0 radical (unpaired) electrons. The molecule has 0 N–H and O–H groups in total. The Hall–Kier alpha value is -0.150. The van der Waals surface area contributed by atoms with Crippen molar-refractivity contribution < 1.29 is 4.39 Å². The number of piperidine rings is 1. The van der Waals surface area contributed by atoms with E-state index in [0.717, 1.165) is 13.0 Å². The lowest BCUT2D eigenvalue weighted by Crippen LogP contribution is -2.48. The first-order valence-electron chi connectivity index (χ1n) is 5.36. The average molecular weight is 186 g/mol. The van der Waals surface area contributed by atoms with Crippen molar-refractivity contribution in [3.63, 3.8) is 0 Å². The van der Waals surface area contributed by atoms with Crippen LogP contribution in [0.4, 0.5) is 4.39 Å². The molecule has 2 unspecified atom stereocenters. The second kappa shape index (κ2) is 3.93. The molecule has 2 heterocycles. The van der Waals surface area contributed by atoms with Gasteiger partial charge in [0.1, 0.15) is 6.17 Å². The summed E-state index contributed by atoms with van der Waals surface area (Å²) < 4.78 is 13.0. The summed E-state index contributed by atoms with van der Waals surface area (Å²) >= 11 is 0. The van der Waals surface area contributed by atoms with Crippen LogP contribution in [0.3, 0.4) is 0 Å². The van der Waals surface area contributed by atoms with Crippen LogP contribution in [0, 0.1) is 0 Å². The predicted molar refractivity (Wildman–Crippen MR) is 51.4 cm³/mol. The first kappa shape index (κ1) is 9.41. The zero-order chi connectivity index (χ0) is 9.26. The van der Waals surface area contributed by atoms with Gasteiger partial charge in [0.05, 0.1) is 6.17 Å². The number of likely N-dealkylation sites (tertiary alicyclic amines) is 2. The van der Waals surface area contributed by atoms with Gasteiger partial charge in [0.25, 0.3) is 0 Å². The summed E-state index contributed by atoms with van der Waals surface area (Å²) in [6, 6.07) is 0. The van der Waals surface area contributed by atoms with E-state index in [2.05, 4.69) is 16.8 Å². The molecule has 13 heavy (non-hydrogen) atoms. The first-order chi connectivity index (χ1) is 6.27. The van der Waals surface area contributed by atoms with Crippen molar-refractivity contribution in [2.45, 2.75) is 38.0 Å². The van der Waals surface area contributed by atoms with Gasteiger partial charge in [-0.05, 0) is 39.3 Å². The number of halogens is 1. The van der Waals surface area contributed by atoms with Crippen LogP contribution in [0.5, 0.6) is 0 Å². The lowest BCUT2D eigenvalue weighted by Gasteiger charge is -2.38. The maximum absolute atomic E-state index is 13.0. The number of nitrogens with zero attached hydrogens (tertiary/aromatic N) is 2. The minimum absolute atomic E-state index is 0.523. The van der Waals surface area contributed by atoms with E-state index >= 15 is 0 Å². The highest BCUT2D eigenvalue weighted by molar-refractivity contribution is 4.82. The maximum atomic E-state index is 13.0. The zero-order valence-electron chi connectivity index (χ0n) is 8.38. The molecule has 2 nitrogen and oxygen atoms in total. The maximum Gasteiger partial charge on any atom is 0.114 e. The summed E-state index contributed by atoms with van der Waals surface area (Å²) in [5, 5.41) is 0. The summed E-state index contributed by atoms with van der Waals surface area (Å²) in [5.41, 5.74) is 0. The molecule has 2 rings (SSSR count). The summed E-state index contributed by atoms with van der Waals surface area (Å²) in [4.78, 5) is 4.69. The molecule has 0 aromatic carbocycles. The lowest BCUT2D eigenvalue weighted by molar-refractivity contribution is 0.0448. The van der Waals surface area contributed by atoms with E-state index in [4.69, 9.17) is 0 Å². The van der Waals surface area contributed by atoms with Gasteiger partial charge in [-0.3, -0.25) is 9.80 Å². The fourth-order valence-electron chi connectivity index (χ4n) is 2.53. The number of hydrogen-bond acceptors (Lipinski definition) is 2. The van der Waals surface area contributed by atoms with Gasteiger partial charge in [-0.25, -0.2) is 4.39 Å². The van der Waals surface area contributed by atoms with Crippen molar-refractivity contribution in [2.24, 2.45) is 0 Å². The molecule has 2 saturated heterocycles.